The van der Waals surface area contributed by atoms with E-state index in [0.29, 0.717) is 44.1 Å². The summed E-state index contributed by atoms with van der Waals surface area (Å²) in [5.74, 6) is -0.756. The molecule has 11 nitrogen and oxygen atoms in total. The fraction of sp³-hybridized carbons (Fsp3) is 0.632. The summed E-state index contributed by atoms with van der Waals surface area (Å²) >= 11 is 0. The molecule has 2 N–H and O–H groups in total. The summed E-state index contributed by atoms with van der Waals surface area (Å²) < 4.78 is 44.1. The normalized spacial score (nSPS) is 19.1. The summed E-state index contributed by atoms with van der Waals surface area (Å²) in [6.07, 6.45) is -2.46. The van der Waals surface area contributed by atoms with Crippen LogP contribution in [0.3, 0.4) is 0 Å². The SMILES string of the molecule is CCn1c(C(=O)NCC(F)(F)F)nc2c(NC3CCN(C(=O)N4CC(OC)C4)C3)ncnc21. The number of anilines is 1. The van der Waals surface area contributed by atoms with Crippen LogP contribution in [0.1, 0.15) is 24.0 Å². The van der Waals surface area contributed by atoms with Gasteiger partial charge in [-0.3, -0.25) is 4.79 Å². The van der Waals surface area contributed by atoms with Gasteiger partial charge in [0, 0.05) is 32.8 Å². The van der Waals surface area contributed by atoms with Crippen molar-refractivity contribution in [1.29, 1.82) is 0 Å². The van der Waals surface area contributed by atoms with Gasteiger partial charge in [-0.1, -0.05) is 0 Å². The van der Waals surface area contributed by atoms with Crippen LogP contribution in [0, 0.1) is 0 Å². The monoisotopic (exact) mass is 470 g/mol. The first-order valence-corrected chi connectivity index (χ1v) is 10.6. The third kappa shape index (κ3) is 4.79. The number of aryl methyl sites for hydroxylation is 1. The molecule has 0 radical (unpaired) electrons. The highest BCUT2D eigenvalue weighted by Crippen LogP contribution is 2.24. The molecule has 180 valence electrons. The van der Waals surface area contributed by atoms with Crippen LogP contribution in [-0.2, 0) is 11.3 Å². The van der Waals surface area contributed by atoms with Gasteiger partial charge in [-0.25, -0.2) is 19.7 Å². The molecule has 2 aliphatic heterocycles. The standard InChI is InChI=1S/C19H25F3N8O3/c1-3-30-15-13(27-16(30)17(31)23-9-19(20,21)22)14(24-10-25-15)26-11-4-5-28(6-11)18(32)29-7-12(8-29)33-2/h10-12H,3-9H2,1-2H3,(H,23,31)(H,24,25,26). The Morgan fingerprint density at radius 1 is 1.21 bits per heavy atom. The average molecular weight is 470 g/mol. The molecule has 4 rings (SSSR count). The zero-order valence-corrected chi connectivity index (χ0v) is 18.2. The number of imidazole rings is 1. The molecule has 2 fully saturated rings. The minimum Gasteiger partial charge on any atom is -0.378 e. The van der Waals surface area contributed by atoms with Crippen LogP contribution < -0.4 is 10.6 Å². The quantitative estimate of drug-likeness (QED) is 0.649. The van der Waals surface area contributed by atoms with Crippen LogP contribution in [0.4, 0.5) is 23.8 Å². The molecule has 2 aromatic heterocycles. The predicted octanol–water partition coefficient (Wildman–Crippen LogP) is 1.08. The van der Waals surface area contributed by atoms with Crippen molar-refractivity contribution in [3.63, 3.8) is 0 Å². The smallest absolute Gasteiger partial charge is 0.378 e. The minimum absolute atomic E-state index is 0.0423. The first-order valence-electron chi connectivity index (χ1n) is 10.6. The van der Waals surface area contributed by atoms with Gasteiger partial charge in [0.25, 0.3) is 5.91 Å². The highest BCUT2D eigenvalue weighted by molar-refractivity contribution is 5.96. The Labute approximate surface area is 187 Å². The van der Waals surface area contributed by atoms with Crippen LogP contribution >= 0.6 is 0 Å². The number of hydrogen-bond donors (Lipinski definition) is 2. The van der Waals surface area contributed by atoms with Crippen LogP contribution in [-0.4, -0.2) is 99.4 Å². The third-order valence-corrected chi connectivity index (χ3v) is 5.75. The van der Waals surface area contributed by atoms with Crippen LogP contribution in [0.15, 0.2) is 6.33 Å². The van der Waals surface area contributed by atoms with Crippen molar-refractivity contribution in [2.75, 3.05) is 45.2 Å². The van der Waals surface area contributed by atoms with Gasteiger partial charge in [-0.05, 0) is 13.3 Å². The molecule has 3 amide bonds. The lowest BCUT2D eigenvalue weighted by molar-refractivity contribution is -0.123. The van der Waals surface area contributed by atoms with Gasteiger partial charge in [-0.2, -0.15) is 13.2 Å². The van der Waals surface area contributed by atoms with Gasteiger partial charge < -0.3 is 29.7 Å². The molecule has 0 aromatic carbocycles. The molecular weight excluding hydrogens is 445 g/mol. The van der Waals surface area contributed by atoms with Gasteiger partial charge in [0.1, 0.15) is 12.9 Å². The third-order valence-electron chi connectivity index (χ3n) is 5.75. The lowest BCUT2D eigenvalue weighted by atomic mass is 10.2. The number of aromatic nitrogens is 4. The number of alkyl halides is 3. The van der Waals surface area contributed by atoms with E-state index in [4.69, 9.17) is 4.74 Å². The predicted molar refractivity (Wildman–Crippen MR) is 111 cm³/mol. The molecule has 4 heterocycles. The molecule has 0 saturated carbocycles. The molecule has 2 saturated heterocycles. The number of urea groups is 1. The maximum absolute atomic E-state index is 12.6. The second-order valence-corrected chi connectivity index (χ2v) is 7.99. The number of carbonyl (C=O) groups excluding carboxylic acids is 2. The zero-order chi connectivity index (χ0) is 23.8. The maximum atomic E-state index is 12.6. The Hall–Kier alpha value is -3.16. The number of hydrogen-bond acceptors (Lipinski definition) is 7. The zero-order valence-electron chi connectivity index (χ0n) is 18.2. The molecule has 2 aliphatic rings. The number of nitrogens with zero attached hydrogens (tertiary/aromatic N) is 6. The van der Waals surface area contributed by atoms with E-state index in [-0.39, 0.29) is 36.1 Å². The highest BCUT2D eigenvalue weighted by Gasteiger charge is 2.36. The Morgan fingerprint density at radius 2 is 1.97 bits per heavy atom. The topological polar surface area (TPSA) is 118 Å². The summed E-state index contributed by atoms with van der Waals surface area (Å²) in [6.45, 7) is 2.75. The van der Waals surface area contributed by atoms with E-state index >= 15 is 0 Å². The van der Waals surface area contributed by atoms with Crippen LogP contribution in [0.25, 0.3) is 11.2 Å². The number of ether oxygens (including phenoxy) is 1. The van der Waals surface area contributed by atoms with E-state index in [2.05, 4.69) is 20.3 Å². The number of methoxy groups -OCH3 is 1. The van der Waals surface area contributed by atoms with E-state index in [0.717, 1.165) is 0 Å². The van der Waals surface area contributed by atoms with E-state index in [1.54, 1.807) is 23.8 Å². The maximum Gasteiger partial charge on any atom is 0.405 e. The Balaban J connectivity index is 1.47. The van der Waals surface area contributed by atoms with E-state index in [9.17, 15) is 22.8 Å². The highest BCUT2D eigenvalue weighted by atomic mass is 19.4. The van der Waals surface area contributed by atoms with Crippen molar-refractivity contribution in [3.05, 3.63) is 12.2 Å². The summed E-state index contributed by atoms with van der Waals surface area (Å²) in [7, 11) is 1.62. The van der Waals surface area contributed by atoms with Gasteiger partial charge in [0.2, 0.25) is 5.82 Å². The second-order valence-electron chi connectivity index (χ2n) is 7.99. The number of amides is 3. The van der Waals surface area contributed by atoms with Crippen molar-refractivity contribution in [2.24, 2.45) is 0 Å². The van der Waals surface area contributed by atoms with E-state index in [1.807, 2.05) is 5.32 Å². The summed E-state index contributed by atoms with van der Waals surface area (Å²) in [4.78, 5) is 41.0. The average Bonchev–Trinajstić information content (AvgIpc) is 3.35. The van der Waals surface area contributed by atoms with Crippen molar-refractivity contribution >= 4 is 28.9 Å². The van der Waals surface area contributed by atoms with E-state index in [1.165, 1.54) is 10.9 Å². The second kappa shape index (κ2) is 9.00. The summed E-state index contributed by atoms with van der Waals surface area (Å²) in [5, 5.41) is 5.09. The van der Waals surface area contributed by atoms with Crippen molar-refractivity contribution in [2.45, 2.75) is 38.2 Å². The minimum atomic E-state index is -4.53. The fourth-order valence-corrected chi connectivity index (χ4v) is 3.96. The number of nitrogens with one attached hydrogen (secondary N) is 2. The van der Waals surface area contributed by atoms with Gasteiger partial charge >= 0.3 is 12.2 Å². The van der Waals surface area contributed by atoms with Crippen molar-refractivity contribution < 1.29 is 27.5 Å². The summed E-state index contributed by atoms with van der Waals surface area (Å²) in [6, 6.07) is -0.139. The number of likely N-dealkylation sites (tertiary alicyclic amines) is 2. The Morgan fingerprint density at radius 3 is 2.64 bits per heavy atom. The first kappa shape index (κ1) is 23.0. The molecule has 33 heavy (non-hydrogen) atoms. The van der Waals surface area contributed by atoms with Crippen LogP contribution in [0.2, 0.25) is 0 Å². The van der Waals surface area contributed by atoms with Crippen molar-refractivity contribution in [3.8, 4) is 0 Å². The van der Waals surface area contributed by atoms with Gasteiger partial charge in [0.15, 0.2) is 17.0 Å². The number of carbonyl (C=O) groups is 2. The first-order chi connectivity index (χ1) is 15.7. The number of fused-ring (bicyclic) bond motifs is 1. The lowest BCUT2D eigenvalue weighted by Crippen LogP contribution is -2.58. The molecule has 0 aliphatic carbocycles. The number of rotatable bonds is 6. The Bertz CT molecular complexity index is 1040. The number of halogens is 3. The van der Waals surface area contributed by atoms with Crippen LogP contribution in [0.5, 0.6) is 0 Å². The molecule has 14 heteroatoms. The largest absolute Gasteiger partial charge is 0.405 e. The van der Waals surface area contributed by atoms with Crippen molar-refractivity contribution in [1.82, 2.24) is 34.6 Å². The van der Waals surface area contributed by atoms with E-state index < -0.39 is 18.6 Å². The Kier molecular flexibility index (Phi) is 6.28. The van der Waals surface area contributed by atoms with Gasteiger partial charge in [-0.15, -0.1) is 0 Å². The molecule has 1 atom stereocenters. The molecular formula is C19H25F3N8O3. The fourth-order valence-electron chi connectivity index (χ4n) is 3.96. The molecule has 1 unspecified atom stereocenters. The van der Waals surface area contributed by atoms with Gasteiger partial charge in [0.05, 0.1) is 19.2 Å². The molecule has 0 bridgehead atoms. The lowest BCUT2D eigenvalue weighted by Gasteiger charge is -2.40. The molecule has 2 aromatic rings. The summed E-state index contributed by atoms with van der Waals surface area (Å²) in [5.41, 5.74) is 0.622. The molecule has 0 spiro atoms.